The highest BCUT2D eigenvalue weighted by Gasteiger charge is 2.55. The van der Waals surface area contributed by atoms with Gasteiger partial charge in [-0.15, -0.1) is 0 Å². The van der Waals surface area contributed by atoms with Crippen LogP contribution in [0, 0.1) is 29.6 Å². The van der Waals surface area contributed by atoms with Gasteiger partial charge in [0.1, 0.15) is 11.5 Å². The van der Waals surface area contributed by atoms with Crippen molar-refractivity contribution in [2.45, 2.75) is 39.5 Å². The van der Waals surface area contributed by atoms with Gasteiger partial charge in [-0.1, -0.05) is 24.6 Å². The number of piperidine rings is 1. The SMILES string of the molecule is Cc1ccc(N=NC2C(C)C(C)(C#N)C(=O)NC2(C)O)cc1. The maximum atomic E-state index is 12.1. The molecule has 1 aliphatic heterocycles. The summed E-state index contributed by atoms with van der Waals surface area (Å²) in [6.45, 7) is 6.73. The molecule has 0 spiro atoms. The minimum absolute atomic E-state index is 0.476. The van der Waals surface area contributed by atoms with Crippen molar-refractivity contribution in [1.82, 2.24) is 5.32 Å². The molecule has 2 rings (SSSR count). The summed E-state index contributed by atoms with van der Waals surface area (Å²) in [5.41, 5.74) is -1.02. The first kappa shape index (κ1) is 16.1. The molecule has 116 valence electrons. The van der Waals surface area contributed by atoms with Crippen LogP contribution in [-0.4, -0.2) is 22.8 Å². The Hall–Kier alpha value is -2.26. The fraction of sp³-hybridized carbons (Fsp3) is 0.500. The first-order valence-corrected chi connectivity index (χ1v) is 7.14. The Labute approximate surface area is 129 Å². The number of azo groups is 1. The molecule has 1 amide bonds. The van der Waals surface area contributed by atoms with Crippen molar-refractivity contribution in [3.05, 3.63) is 29.8 Å². The van der Waals surface area contributed by atoms with Gasteiger partial charge in [0.15, 0.2) is 5.72 Å². The lowest BCUT2D eigenvalue weighted by atomic mass is 9.69. The molecule has 0 bridgehead atoms. The molecular formula is C16H20N4O2. The number of carbonyl (C=O) groups excluding carboxylic acids is 1. The predicted molar refractivity (Wildman–Crippen MR) is 81.1 cm³/mol. The highest BCUT2D eigenvalue weighted by atomic mass is 16.3. The first-order valence-electron chi connectivity index (χ1n) is 7.14. The van der Waals surface area contributed by atoms with Crippen LogP contribution in [0.1, 0.15) is 26.3 Å². The van der Waals surface area contributed by atoms with Crippen molar-refractivity contribution < 1.29 is 9.90 Å². The van der Waals surface area contributed by atoms with Crippen LogP contribution in [0.4, 0.5) is 5.69 Å². The van der Waals surface area contributed by atoms with Crippen LogP contribution in [0.25, 0.3) is 0 Å². The largest absolute Gasteiger partial charge is 0.369 e. The van der Waals surface area contributed by atoms with Crippen LogP contribution < -0.4 is 5.32 Å². The predicted octanol–water partition coefficient (Wildman–Crippen LogP) is 2.45. The van der Waals surface area contributed by atoms with Crippen molar-refractivity contribution >= 4 is 11.6 Å². The molecular weight excluding hydrogens is 280 g/mol. The number of aryl methyl sites for hydroxylation is 1. The van der Waals surface area contributed by atoms with Gasteiger partial charge in [-0.2, -0.15) is 15.5 Å². The van der Waals surface area contributed by atoms with E-state index in [0.29, 0.717) is 5.69 Å². The fourth-order valence-corrected chi connectivity index (χ4v) is 2.55. The number of carbonyl (C=O) groups is 1. The number of hydrogen-bond donors (Lipinski definition) is 2. The molecule has 6 heteroatoms. The fourth-order valence-electron chi connectivity index (χ4n) is 2.55. The molecule has 0 radical (unpaired) electrons. The van der Waals surface area contributed by atoms with Crippen molar-refractivity contribution in [2.24, 2.45) is 21.6 Å². The third-order valence-corrected chi connectivity index (χ3v) is 4.36. The van der Waals surface area contributed by atoms with Crippen LogP contribution in [0.5, 0.6) is 0 Å². The van der Waals surface area contributed by atoms with E-state index in [1.54, 1.807) is 13.8 Å². The van der Waals surface area contributed by atoms with Gasteiger partial charge in [0.25, 0.3) is 0 Å². The van der Waals surface area contributed by atoms with Gasteiger partial charge in [-0.3, -0.25) is 4.79 Å². The molecule has 1 heterocycles. The van der Waals surface area contributed by atoms with Gasteiger partial charge in [0.2, 0.25) is 5.91 Å². The summed E-state index contributed by atoms with van der Waals surface area (Å²) >= 11 is 0. The van der Waals surface area contributed by atoms with Gasteiger partial charge >= 0.3 is 0 Å². The van der Waals surface area contributed by atoms with E-state index >= 15 is 0 Å². The summed E-state index contributed by atoms with van der Waals surface area (Å²) in [5, 5.41) is 30.6. The number of aliphatic hydroxyl groups is 1. The van der Waals surface area contributed by atoms with E-state index in [2.05, 4.69) is 15.5 Å². The zero-order valence-electron chi connectivity index (χ0n) is 13.2. The summed E-state index contributed by atoms with van der Waals surface area (Å²) in [4.78, 5) is 12.1. The minimum Gasteiger partial charge on any atom is -0.369 e. The normalized spacial score (nSPS) is 35.2. The molecule has 1 fully saturated rings. The molecule has 4 atom stereocenters. The molecule has 6 nitrogen and oxygen atoms in total. The molecule has 1 aromatic rings. The van der Waals surface area contributed by atoms with E-state index < -0.39 is 29.0 Å². The third-order valence-electron chi connectivity index (χ3n) is 4.36. The van der Waals surface area contributed by atoms with E-state index in [-0.39, 0.29) is 0 Å². The lowest BCUT2D eigenvalue weighted by Gasteiger charge is -2.45. The second kappa shape index (κ2) is 5.50. The van der Waals surface area contributed by atoms with Crippen LogP contribution in [0.3, 0.4) is 0 Å². The number of hydrogen-bond acceptors (Lipinski definition) is 5. The summed E-state index contributed by atoms with van der Waals surface area (Å²) < 4.78 is 0. The van der Waals surface area contributed by atoms with E-state index in [1.165, 1.54) is 6.92 Å². The molecule has 2 N–H and O–H groups in total. The quantitative estimate of drug-likeness (QED) is 0.821. The second-order valence-electron chi connectivity index (χ2n) is 6.20. The first-order chi connectivity index (χ1) is 10.2. The number of amides is 1. The number of benzene rings is 1. The van der Waals surface area contributed by atoms with E-state index in [4.69, 9.17) is 0 Å². The number of nitriles is 1. The van der Waals surface area contributed by atoms with E-state index in [1.807, 2.05) is 37.3 Å². The summed E-state index contributed by atoms with van der Waals surface area (Å²) in [5.74, 6) is -0.968. The van der Waals surface area contributed by atoms with Gasteiger partial charge in [0.05, 0.1) is 11.8 Å². The maximum Gasteiger partial charge on any atom is 0.242 e. The highest BCUT2D eigenvalue weighted by molar-refractivity contribution is 5.87. The Kier molecular flexibility index (Phi) is 4.03. The van der Waals surface area contributed by atoms with Crippen LogP contribution in [0.2, 0.25) is 0 Å². The van der Waals surface area contributed by atoms with Crippen molar-refractivity contribution in [1.29, 1.82) is 5.26 Å². The molecule has 22 heavy (non-hydrogen) atoms. The van der Waals surface area contributed by atoms with Crippen molar-refractivity contribution in [3.63, 3.8) is 0 Å². The van der Waals surface area contributed by atoms with Crippen LogP contribution >= 0.6 is 0 Å². The standard InChI is InChI=1S/C16H20N4O2/c1-10-5-7-12(8-6-10)19-20-13-11(2)15(3,9-17)14(21)18-16(13,4)22/h5-8,11,13,22H,1-4H3,(H,18,21). The lowest BCUT2D eigenvalue weighted by molar-refractivity contribution is -0.150. The molecule has 4 unspecified atom stereocenters. The van der Waals surface area contributed by atoms with Crippen molar-refractivity contribution in [3.8, 4) is 6.07 Å². The zero-order chi connectivity index (χ0) is 16.5. The van der Waals surface area contributed by atoms with Gasteiger partial charge < -0.3 is 10.4 Å². The molecule has 1 aliphatic rings. The van der Waals surface area contributed by atoms with Crippen LogP contribution in [0.15, 0.2) is 34.5 Å². The van der Waals surface area contributed by atoms with Crippen molar-refractivity contribution in [2.75, 3.05) is 0 Å². The zero-order valence-corrected chi connectivity index (χ0v) is 13.2. The summed E-state index contributed by atoms with van der Waals surface area (Å²) in [7, 11) is 0. The van der Waals surface area contributed by atoms with Gasteiger partial charge in [0, 0.05) is 5.92 Å². The van der Waals surface area contributed by atoms with E-state index in [9.17, 15) is 15.2 Å². The minimum atomic E-state index is -1.54. The lowest BCUT2D eigenvalue weighted by Crippen LogP contribution is -2.67. The highest BCUT2D eigenvalue weighted by Crippen LogP contribution is 2.39. The molecule has 1 saturated heterocycles. The summed E-state index contributed by atoms with van der Waals surface area (Å²) in [6, 6.07) is 8.79. The van der Waals surface area contributed by atoms with Gasteiger partial charge in [-0.25, -0.2) is 0 Å². The Morgan fingerprint density at radius 2 is 1.91 bits per heavy atom. The average molecular weight is 300 g/mol. The molecule has 0 saturated carbocycles. The summed E-state index contributed by atoms with van der Waals surface area (Å²) in [6.07, 6.45) is 0. The Morgan fingerprint density at radius 1 is 1.32 bits per heavy atom. The Morgan fingerprint density at radius 3 is 2.45 bits per heavy atom. The monoisotopic (exact) mass is 300 g/mol. The molecule has 0 aliphatic carbocycles. The topological polar surface area (TPSA) is 97.8 Å². The molecule has 1 aromatic carbocycles. The van der Waals surface area contributed by atoms with E-state index in [0.717, 1.165) is 5.56 Å². The smallest absolute Gasteiger partial charge is 0.242 e. The number of rotatable bonds is 2. The molecule has 0 aromatic heterocycles. The second-order valence-corrected chi connectivity index (χ2v) is 6.20. The average Bonchev–Trinajstić information content (AvgIpc) is 2.46. The number of nitrogens with zero attached hydrogens (tertiary/aromatic N) is 3. The Balaban J connectivity index is 2.33. The Bertz CT molecular complexity index is 645. The third kappa shape index (κ3) is 2.72. The number of nitrogens with one attached hydrogen (secondary N) is 1. The van der Waals surface area contributed by atoms with Gasteiger partial charge in [-0.05, 0) is 32.9 Å². The maximum absolute atomic E-state index is 12.1. The van der Waals surface area contributed by atoms with Crippen LogP contribution in [-0.2, 0) is 4.79 Å².